The van der Waals surface area contributed by atoms with Crippen LogP contribution in [0.5, 0.6) is 0 Å². The summed E-state index contributed by atoms with van der Waals surface area (Å²) in [5.41, 5.74) is 0. The summed E-state index contributed by atoms with van der Waals surface area (Å²) in [5, 5.41) is 0. The van der Waals surface area contributed by atoms with Crippen LogP contribution in [0, 0.1) is 5.92 Å². The molecule has 0 aliphatic heterocycles. The molecular weight excluding hydrogens is 332 g/mol. The Morgan fingerprint density at radius 2 is 1.23 bits per heavy atom. The van der Waals surface area contributed by atoms with Gasteiger partial charge in [-0.3, -0.25) is 4.79 Å². The summed E-state index contributed by atoms with van der Waals surface area (Å²) >= 11 is 0. The van der Waals surface area contributed by atoms with E-state index in [0.29, 0.717) is 51.4 Å². The van der Waals surface area contributed by atoms with Crippen LogP contribution in [-0.4, -0.2) is 88.6 Å². The van der Waals surface area contributed by atoms with Crippen LogP contribution in [-0.2, 0) is 19.0 Å². The third-order valence-electron chi connectivity index (χ3n) is 4.22. The first-order chi connectivity index (χ1) is 12.3. The lowest BCUT2D eigenvalue weighted by molar-refractivity contribution is -0.130. The van der Waals surface area contributed by atoms with Gasteiger partial charge in [-0.15, -0.1) is 0 Å². The maximum atomic E-state index is 11.8. The standard InChI is InChI=1S/C20H42N2O4/c1-18(2)17-20(23)22(6)10-8-12-25-14-16-26-15-13-24-11-7-9-21(5)19(3)4/h18-19H,7-17H2,1-6H3. The van der Waals surface area contributed by atoms with Crippen molar-refractivity contribution in [2.45, 2.75) is 53.0 Å². The van der Waals surface area contributed by atoms with Crippen molar-refractivity contribution < 1.29 is 19.0 Å². The molecule has 0 aliphatic rings. The molecule has 0 atom stereocenters. The predicted octanol–water partition coefficient (Wildman–Crippen LogP) is 2.66. The van der Waals surface area contributed by atoms with Gasteiger partial charge in [0.2, 0.25) is 5.91 Å². The highest BCUT2D eigenvalue weighted by Crippen LogP contribution is 2.03. The first-order valence-corrected chi connectivity index (χ1v) is 10.0. The molecule has 0 spiro atoms. The Hall–Kier alpha value is -0.690. The van der Waals surface area contributed by atoms with Crippen molar-refractivity contribution in [1.29, 1.82) is 0 Å². The normalized spacial score (nSPS) is 11.7. The number of hydrogen-bond donors (Lipinski definition) is 0. The fourth-order valence-electron chi connectivity index (χ4n) is 2.25. The minimum absolute atomic E-state index is 0.208. The van der Waals surface area contributed by atoms with E-state index in [1.54, 1.807) is 4.90 Å². The van der Waals surface area contributed by atoms with Gasteiger partial charge in [-0.25, -0.2) is 0 Å². The summed E-state index contributed by atoms with van der Waals surface area (Å²) in [4.78, 5) is 15.9. The van der Waals surface area contributed by atoms with Crippen LogP contribution in [0.15, 0.2) is 0 Å². The highest BCUT2D eigenvalue weighted by atomic mass is 16.5. The summed E-state index contributed by atoms with van der Waals surface area (Å²) in [7, 11) is 3.99. The minimum Gasteiger partial charge on any atom is -0.379 e. The quantitative estimate of drug-likeness (QED) is 0.366. The Labute approximate surface area is 161 Å². The maximum Gasteiger partial charge on any atom is 0.222 e. The van der Waals surface area contributed by atoms with E-state index in [2.05, 4.69) is 39.6 Å². The van der Waals surface area contributed by atoms with Crippen LogP contribution in [0.1, 0.15) is 47.0 Å². The average Bonchev–Trinajstić information content (AvgIpc) is 2.57. The predicted molar refractivity (Wildman–Crippen MR) is 107 cm³/mol. The molecule has 0 saturated carbocycles. The van der Waals surface area contributed by atoms with Gasteiger partial charge in [0.25, 0.3) is 0 Å². The molecule has 0 bridgehead atoms. The van der Waals surface area contributed by atoms with Crippen LogP contribution in [0.25, 0.3) is 0 Å². The topological polar surface area (TPSA) is 51.2 Å². The van der Waals surface area contributed by atoms with Crippen LogP contribution in [0.3, 0.4) is 0 Å². The van der Waals surface area contributed by atoms with E-state index < -0.39 is 0 Å². The summed E-state index contributed by atoms with van der Waals surface area (Å²) in [5.74, 6) is 0.614. The van der Waals surface area contributed by atoms with E-state index in [9.17, 15) is 4.79 Å². The molecule has 0 N–H and O–H groups in total. The number of carbonyl (C=O) groups is 1. The van der Waals surface area contributed by atoms with Gasteiger partial charge in [0, 0.05) is 45.8 Å². The third-order valence-corrected chi connectivity index (χ3v) is 4.22. The number of nitrogens with zero attached hydrogens (tertiary/aromatic N) is 2. The van der Waals surface area contributed by atoms with E-state index in [1.807, 2.05) is 7.05 Å². The Bertz CT molecular complexity index is 338. The largest absolute Gasteiger partial charge is 0.379 e. The van der Waals surface area contributed by atoms with Gasteiger partial charge in [0.1, 0.15) is 0 Å². The van der Waals surface area contributed by atoms with E-state index in [0.717, 1.165) is 32.5 Å². The Balaban J connectivity index is 3.28. The molecule has 156 valence electrons. The Morgan fingerprint density at radius 3 is 1.69 bits per heavy atom. The molecule has 0 fully saturated rings. The number of ether oxygens (including phenoxy) is 3. The van der Waals surface area contributed by atoms with E-state index >= 15 is 0 Å². The monoisotopic (exact) mass is 374 g/mol. The van der Waals surface area contributed by atoms with Crippen molar-refractivity contribution in [3.63, 3.8) is 0 Å². The zero-order chi connectivity index (χ0) is 19.8. The van der Waals surface area contributed by atoms with E-state index in [1.165, 1.54) is 0 Å². The second kappa shape index (κ2) is 16.5. The van der Waals surface area contributed by atoms with Gasteiger partial charge in [-0.05, 0) is 39.7 Å². The summed E-state index contributed by atoms with van der Waals surface area (Å²) < 4.78 is 16.6. The van der Waals surface area contributed by atoms with Gasteiger partial charge < -0.3 is 24.0 Å². The second-order valence-electron chi connectivity index (χ2n) is 7.53. The van der Waals surface area contributed by atoms with Gasteiger partial charge in [0.05, 0.1) is 26.4 Å². The molecule has 6 heteroatoms. The van der Waals surface area contributed by atoms with Crippen molar-refractivity contribution in [2.75, 3.05) is 66.8 Å². The number of rotatable bonds is 17. The maximum absolute atomic E-state index is 11.8. The number of amides is 1. The van der Waals surface area contributed by atoms with E-state index in [-0.39, 0.29) is 5.91 Å². The molecular formula is C20H42N2O4. The molecule has 0 unspecified atom stereocenters. The lowest BCUT2D eigenvalue weighted by Crippen LogP contribution is -2.29. The molecule has 6 nitrogen and oxygen atoms in total. The summed E-state index contributed by atoms with van der Waals surface area (Å²) in [6, 6.07) is 0.583. The van der Waals surface area contributed by atoms with Crippen molar-refractivity contribution in [2.24, 2.45) is 5.92 Å². The number of carbonyl (C=O) groups excluding carboxylic acids is 1. The highest BCUT2D eigenvalue weighted by molar-refractivity contribution is 5.75. The van der Waals surface area contributed by atoms with Crippen molar-refractivity contribution >= 4 is 5.91 Å². The lowest BCUT2D eigenvalue weighted by atomic mass is 10.1. The van der Waals surface area contributed by atoms with Gasteiger partial charge in [-0.2, -0.15) is 0 Å². The van der Waals surface area contributed by atoms with Crippen molar-refractivity contribution in [3.8, 4) is 0 Å². The molecule has 26 heavy (non-hydrogen) atoms. The molecule has 0 aromatic heterocycles. The third kappa shape index (κ3) is 15.6. The summed E-state index contributed by atoms with van der Waals surface area (Å²) in [6.45, 7) is 14.2. The van der Waals surface area contributed by atoms with E-state index in [4.69, 9.17) is 14.2 Å². The first-order valence-electron chi connectivity index (χ1n) is 10.0. The summed E-state index contributed by atoms with van der Waals surface area (Å²) in [6.07, 6.45) is 2.52. The lowest BCUT2D eigenvalue weighted by Gasteiger charge is -2.20. The highest BCUT2D eigenvalue weighted by Gasteiger charge is 2.09. The SMILES string of the molecule is CC(C)CC(=O)N(C)CCCOCCOCCOCCCN(C)C(C)C. The zero-order valence-electron chi connectivity index (χ0n) is 18.0. The van der Waals surface area contributed by atoms with Crippen LogP contribution in [0.4, 0.5) is 0 Å². The minimum atomic E-state index is 0.208. The Kier molecular flexibility index (Phi) is 16.0. The van der Waals surface area contributed by atoms with Crippen LogP contribution in [0.2, 0.25) is 0 Å². The molecule has 0 aromatic carbocycles. The van der Waals surface area contributed by atoms with Crippen molar-refractivity contribution in [3.05, 3.63) is 0 Å². The molecule has 1 amide bonds. The second-order valence-corrected chi connectivity index (χ2v) is 7.53. The fraction of sp³-hybridized carbons (Fsp3) is 0.950. The molecule has 0 saturated heterocycles. The Morgan fingerprint density at radius 1 is 0.769 bits per heavy atom. The molecule has 0 rings (SSSR count). The molecule has 0 aromatic rings. The molecule has 0 heterocycles. The smallest absolute Gasteiger partial charge is 0.222 e. The van der Waals surface area contributed by atoms with Crippen LogP contribution >= 0.6 is 0 Å². The first kappa shape index (κ1) is 25.3. The van der Waals surface area contributed by atoms with Gasteiger partial charge in [0.15, 0.2) is 0 Å². The number of hydrogen-bond acceptors (Lipinski definition) is 5. The average molecular weight is 375 g/mol. The van der Waals surface area contributed by atoms with Crippen LogP contribution < -0.4 is 0 Å². The van der Waals surface area contributed by atoms with Gasteiger partial charge >= 0.3 is 0 Å². The molecule has 0 radical (unpaired) electrons. The van der Waals surface area contributed by atoms with Gasteiger partial charge in [-0.1, -0.05) is 13.8 Å². The molecule has 0 aliphatic carbocycles. The zero-order valence-corrected chi connectivity index (χ0v) is 18.0. The van der Waals surface area contributed by atoms with Crippen molar-refractivity contribution in [1.82, 2.24) is 9.80 Å². The fourth-order valence-corrected chi connectivity index (χ4v) is 2.25.